The van der Waals surface area contributed by atoms with Crippen LogP contribution in [0.25, 0.3) is 0 Å². The van der Waals surface area contributed by atoms with Crippen LogP contribution in [-0.4, -0.2) is 22.1 Å². The molecule has 1 N–H and O–H groups in total. The molecule has 1 aromatic carbocycles. The smallest absolute Gasteiger partial charge is 0.240 e. The molecule has 1 aromatic rings. The normalized spacial score (nSPS) is 10.7. The molecule has 0 amide bonds. The number of hydrogen-bond donors (Lipinski definition) is 1. The number of hydrogen-bond acceptors (Lipinski definition) is 3. The van der Waals surface area contributed by atoms with Crippen LogP contribution >= 0.6 is 0 Å². The molecule has 4 nitrogen and oxygen atoms in total. The summed E-state index contributed by atoms with van der Waals surface area (Å²) in [6.07, 6.45) is 5.02. The van der Waals surface area contributed by atoms with E-state index < -0.39 is 10.0 Å². The molecule has 0 saturated carbocycles. The molecule has 0 atom stereocenters. The van der Waals surface area contributed by atoms with Gasteiger partial charge in [-0.1, -0.05) is 5.92 Å². The van der Waals surface area contributed by atoms with Gasteiger partial charge >= 0.3 is 0 Å². The summed E-state index contributed by atoms with van der Waals surface area (Å²) in [5, 5.41) is 0. The standard InChI is InChI=1S/C10H11NO3S/c1-3-8-14-9-4-6-10(7-5-9)15(12,13)11-2/h1,4-7,11H,8H2,2H3. The fraction of sp³-hybridized carbons (Fsp3) is 0.200. The first-order valence-electron chi connectivity index (χ1n) is 4.20. The zero-order valence-electron chi connectivity index (χ0n) is 8.23. The van der Waals surface area contributed by atoms with Crippen LogP contribution in [0.2, 0.25) is 0 Å². The van der Waals surface area contributed by atoms with Gasteiger partial charge in [0.1, 0.15) is 12.4 Å². The van der Waals surface area contributed by atoms with E-state index in [0.717, 1.165) is 0 Å². The van der Waals surface area contributed by atoms with Crippen LogP contribution in [0.15, 0.2) is 29.2 Å². The van der Waals surface area contributed by atoms with E-state index in [1.165, 1.54) is 19.2 Å². The van der Waals surface area contributed by atoms with Crippen LogP contribution < -0.4 is 9.46 Å². The van der Waals surface area contributed by atoms with Crippen LogP contribution in [0.4, 0.5) is 0 Å². The van der Waals surface area contributed by atoms with Crippen LogP contribution in [0.5, 0.6) is 5.75 Å². The van der Waals surface area contributed by atoms with Crippen LogP contribution in [0.1, 0.15) is 0 Å². The number of nitrogens with one attached hydrogen (secondary N) is 1. The van der Waals surface area contributed by atoms with Crippen molar-refractivity contribution < 1.29 is 13.2 Å². The van der Waals surface area contributed by atoms with Gasteiger partial charge < -0.3 is 4.74 Å². The van der Waals surface area contributed by atoms with Gasteiger partial charge in [-0.3, -0.25) is 0 Å². The molecule has 15 heavy (non-hydrogen) atoms. The van der Waals surface area contributed by atoms with Crippen molar-refractivity contribution in [2.45, 2.75) is 4.90 Å². The van der Waals surface area contributed by atoms with Crippen LogP contribution in [0, 0.1) is 12.3 Å². The first kappa shape index (κ1) is 11.6. The fourth-order valence-corrected chi connectivity index (χ4v) is 1.69. The average molecular weight is 225 g/mol. The van der Waals surface area contributed by atoms with Crippen LogP contribution in [-0.2, 0) is 10.0 Å². The maximum Gasteiger partial charge on any atom is 0.240 e. The Morgan fingerprint density at radius 1 is 1.40 bits per heavy atom. The molecular weight excluding hydrogens is 214 g/mol. The second-order valence-electron chi connectivity index (χ2n) is 2.67. The van der Waals surface area contributed by atoms with Crippen molar-refractivity contribution in [2.75, 3.05) is 13.7 Å². The molecule has 0 aliphatic carbocycles. The summed E-state index contributed by atoms with van der Waals surface area (Å²) in [6.45, 7) is 0.165. The molecule has 0 spiro atoms. The van der Waals surface area contributed by atoms with Gasteiger partial charge in [0.05, 0.1) is 4.90 Å². The third-order valence-electron chi connectivity index (χ3n) is 1.72. The summed E-state index contributed by atoms with van der Waals surface area (Å²) in [6, 6.07) is 6.03. The van der Waals surface area contributed by atoms with Gasteiger partial charge in [-0.25, -0.2) is 13.1 Å². The van der Waals surface area contributed by atoms with Gasteiger partial charge in [0.2, 0.25) is 10.0 Å². The topological polar surface area (TPSA) is 55.4 Å². The Morgan fingerprint density at radius 3 is 2.47 bits per heavy atom. The SMILES string of the molecule is C#CCOc1ccc(S(=O)(=O)NC)cc1. The fourth-order valence-electron chi connectivity index (χ4n) is 0.958. The van der Waals surface area contributed by atoms with Crippen molar-refractivity contribution in [3.05, 3.63) is 24.3 Å². The zero-order chi connectivity index (χ0) is 11.3. The van der Waals surface area contributed by atoms with Gasteiger partial charge in [-0.2, -0.15) is 0 Å². The van der Waals surface area contributed by atoms with E-state index in [2.05, 4.69) is 10.6 Å². The van der Waals surface area contributed by atoms with Crippen molar-refractivity contribution in [3.8, 4) is 18.1 Å². The highest BCUT2D eigenvalue weighted by Gasteiger charge is 2.10. The van der Waals surface area contributed by atoms with Gasteiger partial charge in [0.25, 0.3) is 0 Å². The predicted octanol–water partition coefficient (Wildman–Crippen LogP) is 0.607. The van der Waals surface area contributed by atoms with E-state index in [1.807, 2.05) is 0 Å². The Balaban J connectivity index is 2.87. The first-order chi connectivity index (χ1) is 7.10. The largest absolute Gasteiger partial charge is 0.481 e. The molecule has 1 rings (SSSR count). The van der Waals surface area contributed by atoms with Gasteiger partial charge in [-0.15, -0.1) is 6.42 Å². The molecule has 0 bridgehead atoms. The molecule has 0 radical (unpaired) electrons. The van der Waals surface area contributed by atoms with E-state index >= 15 is 0 Å². The maximum atomic E-state index is 11.3. The summed E-state index contributed by atoms with van der Waals surface area (Å²) in [5.74, 6) is 2.86. The molecule has 80 valence electrons. The van der Waals surface area contributed by atoms with Crippen molar-refractivity contribution in [1.82, 2.24) is 4.72 Å². The minimum atomic E-state index is -3.38. The molecule has 5 heteroatoms. The first-order valence-corrected chi connectivity index (χ1v) is 5.68. The lowest BCUT2D eigenvalue weighted by Crippen LogP contribution is -2.18. The van der Waals surface area contributed by atoms with E-state index in [0.29, 0.717) is 5.75 Å². The lowest BCUT2D eigenvalue weighted by Gasteiger charge is -2.04. The Labute approximate surface area is 89.3 Å². The number of ether oxygens (including phenoxy) is 1. The van der Waals surface area contributed by atoms with Crippen molar-refractivity contribution in [3.63, 3.8) is 0 Å². The lowest BCUT2D eigenvalue weighted by atomic mass is 10.3. The number of rotatable bonds is 4. The van der Waals surface area contributed by atoms with Crippen molar-refractivity contribution in [1.29, 1.82) is 0 Å². The summed E-state index contributed by atoms with van der Waals surface area (Å²) in [4.78, 5) is 0.193. The van der Waals surface area contributed by atoms with Gasteiger partial charge in [0, 0.05) is 0 Å². The zero-order valence-corrected chi connectivity index (χ0v) is 9.04. The molecular formula is C10H11NO3S. The average Bonchev–Trinajstić information content (AvgIpc) is 2.27. The quantitative estimate of drug-likeness (QED) is 0.764. The highest BCUT2D eigenvalue weighted by atomic mass is 32.2. The van der Waals surface area contributed by atoms with E-state index in [4.69, 9.17) is 11.2 Å². The lowest BCUT2D eigenvalue weighted by molar-refractivity contribution is 0.370. The molecule has 0 aliphatic rings. The minimum Gasteiger partial charge on any atom is -0.481 e. The highest BCUT2D eigenvalue weighted by molar-refractivity contribution is 7.89. The molecule has 0 saturated heterocycles. The Morgan fingerprint density at radius 2 is 2.00 bits per heavy atom. The van der Waals surface area contributed by atoms with Crippen molar-refractivity contribution in [2.24, 2.45) is 0 Å². The summed E-state index contributed by atoms with van der Waals surface area (Å²) >= 11 is 0. The second kappa shape index (κ2) is 4.82. The Bertz CT molecular complexity index is 456. The minimum absolute atomic E-state index is 0.165. The summed E-state index contributed by atoms with van der Waals surface area (Å²) < 4.78 is 30.0. The molecule has 0 unspecified atom stereocenters. The third-order valence-corrected chi connectivity index (χ3v) is 3.16. The highest BCUT2D eigenvalue weighted by Crippen LogP contribution is 2.15. The summed E-state index contributed by atoms with van der Waals surface area (Å²) in [7, 11) is -2.02. The second-order valence-corrected chi connectivity index (χ2v) is 4.56. The number of benzene rings is 1. The number of terminal acetylenes is 1. The third kappa shape index (κ3) is 2.98. The Kier molecular flexibility index (Phi) is 3.72. The molecule has 0 aliphatic heterocycles. The maximum absolute atomic E-state index is 11.3. The predicted molar refractivity (Wildman–Crippen MR) is 57.0 cm³/mol. The summed E-state index contributed by atoms with van der Waals surface area (Å²) in [5.41, 5.74) is 0. The monoisotopic (exact) mass is 225 g/mol. The van der Waals surface area contributed by atoms with Crippen molar-refractivity contribution >= 4 is 10.0 Å². The number of sulfonamides is 1. The van der Waals surface area contributed by atoms with Crippen LogP contribution in [0.3, 0.4) is 0 Å². The molecule has 0 fully saturated rings. The molecule has 0 aromatic heterocycles. The molecule has 0 heterocycles. The van der Waals surface area contributed by atoms with Gasteiger partial charge in [-0.05, 0) is 31.3 Å². The van der Waals surface area contributed by atoms with E-state index in [1.54, 1.807) is 12.1 Å². The van der Waals surface area contributed by atoms with E-state index in [9.17, 15) is 8.42 Å². The Hall–Kier alpha value is -1.51. The van der Waals surface area contributed by atoms with E-state index in [-0.39, 0.29) is 11.5 Å². The van der Waals surface area contributed by atoms with Gasteiger partial charge in [0.15, 0.2) is 0 Å².